The zero-order valence-electron chi connectivity index (χ0n) is 16.3. The summed E-state index contributed by atoms with van der Waals surface area (Å²) >= 11 is 1.40. The van der Waals surface area contributed by atoms with Crippen LogP contribution in [0.15, 0.2) is 24.3 Å². The summed E-state index contributed by atoms with van der Waals surface area (Å²) in [5, 5.41) is 5.82. The lowest BCUT2D eigenvalue weighted by molar-refractivity contribution is -0.115. The average Bonchev–Trinajstić information content (AvgIpc) is 3.03. The summed E-state index contributed by atoms with van der Waals surface area (Å²) in [6, 6.07) is 6.36. The Labute approximate surface area is 172 Å². The summed E-state index contributed by atoms with van der Waals surface area (Å²) in [6.45, 7) is 2.39. The maximum absolute atomic E-state index is 12.7. The Hall–Kier alpha value is -3.00. The van der Waals surface area contributed by atoms with Crippen molar-refractivity contribution >= 4 is 45.6 Å². The number of anilines is 2. The predicted octanol–water partition coefficient (Wildman–Crippen LogP) is 3.58. The van der Waals surface area contributed by atoms with Crippen molar-refractivity contribution in [3.63, 3.8) is 0 Å². The van der Waals surface area contributed by atoms with E-state index in [1.54, 1.807) is 24.3 Å². The van der Waals surface area contributed by atoms with E-state index in [0.717, 1.165) is 36.1 Å². The van der Waals surface area contributed by atoms with Crippen LogP contribution in [-0.4, -0.2) is 30.2 Å². The Morgan fingerprint density at radius 2 is 1.62 bits per heavy atom. The van der Waals surface area contributed by atoms with Crippen LogP contribution in [0.2, 0.25) is 0 Å². The normalized spacial score (nSPS) is 12.6. The van der Waals surface area contributed by atoms with E-state index in [1.165, 1.54) is 25.2 Å². The molecule has 8 heteroatoms. The van der Waals surface area contributed by atoms with Crippen LogP contribution in [0.25, 0.3) is 0 Å². The molecule has 1 aliphatic carbocycles. The van der Waals surface area contributed by atoms with Gasteiger partial charge >= 0.3 is 5.97 Å². The number of benzene rings is 1. The highest BCUT2D eigenvalue weighted by molar-refractivity contribution is 7.17. The van der Waals surface area contributed by atoms with Crippen molar-refractivity contribution in [2.45, 2.75) is 39.5 Å². The molecule has 0 saturated heterocycles. The number of hydrogen-bond acceptors (Lipinski definition) is 6. The second kappa shape index (κ2) is 9.00. The van der Waals surface area contributed by atoms with Gasteiger partial charge in [0, 0.05) is 30.0 Å². The molecule has 1 heterocycles. The first-order valence-corrected chi connectivity index (χ1v) is 10.2. The Bertz CT molecular complexity index is 962. The van der Waals surface area contributed by atoms with Crippen LogP contribution in [-0.2, 0) is 27.2 Å². The van der Waals surface area contributed by atoms with Crippen molar-refractivity contribution in [3.05, 3.63) is 45.8 Å². The molecule has 0 atom stereocenters. The maximum atomic E-state index is 12.7. The maximum Gasteiger partial charge on any atom is 0.341 e. The molecule has 0 fully saturated rings. The van der Waals surface area contributed by atoms with Gasteiger partial charge in [0.1, 0.15) is 5.00 Å². The Balaban J connectivity index is 1.70. The van der Waals surface area contributed by atoms with Crippen molar-refractivity contribution < 1.29 is 23.9 Å². The number of aryl methyl sites for hydroxylation is 1. The molecule has 7 nitrogen and oxygen atoms in total. The van der Waals surface area contributed by atoms with Crippen LogP contribution in [0, 0.1) is 0 Å². The van der Waals surface area contributed by atoms with E-state index >= 15 is 0 Å². The molecular weight excluding hydrogens is 392 g/mol. The Morgan fingerprint density at radius 3 is 2.28 bits per heavy atom. The number of fused-ring (bicyclic) bond motifs is 1. The van der Waals surface area contributed by atoms with E-state index in [9.17, 15) is 19.2 Å². The van der Waals surface area contributed by atoms with Crippen LogP contribution >= 0.6 is 11.3 Å². The zero-order valence-corrected chi connectivity index (χ0v) is 17.1. The standard InChI is InChI=1S/C21H22N2O5S/c1-12(24)22-15-9-7-14(8-10-15)17(26)11-28-21(27)19-16-5-3-4-6-18(16)29-20(19)23-13(2)25/h7-10H,3-6,11H2,1-2H3,(H,22,24)(H,23,25). The lowest BCUT2D eigenvalue weighted by atomic mass is 9.95. The summed E-state index contributed by atoms with van der Waals surface area (Å²) in [4.78, 5) is 48.8. The second-order valence-corrected chi connectivity index (χ2v) is 7.96. The number of nitrogens with one attached hydrogen (secondary N) is 2. The van der Waals surface area contributed by atoms with Gasteiger partial charge in [-0.15, -0.1) is 11.3 Å². The van der Waals surface area contributed by atoms with E-state index in [2.05, 4.69) is 10.6 Å². The molecule has 0 spiro atoms. The minimum absolute atomic E-state index is 0.202. The van der Waals surface area contributed by atoms with Crippen LogP contribution in [0.4, 0.5) is 10.7 Å². The summed E-state index contributed by atoms with van der Waals surface area (Å²) in [6.07, 6.45) is 3.66. The molecule has 0 bridgehead atoms. The average molecular weight is 414 g/mol. The molecule has 0 saturated carbocycles. The van der Waals surface area contributed by atoms with Crippen LogP contribution in [0.1, 0.15) is 57.8 Å². The molecule has 0 unspecified atom stereocenters. The number of carbonyl (C=O) groups is 4. The lowest BCUT2D eigenvalue weighted by Gasteiger charge is -2.12. The number of ether oxygens (including phenoxy) is 1. The number of rotatable bonds is 6. The third-order valence-corrected chi connectivity index (χ3v) is 5.73. The van der Waals surface area contributed by atoms with Crippen molar-refractivity contribution in [2.24, 2.45) is 0 Å². The van der Waals surface area contributed by atoms with E-state index in [-0.39, 0.29) is 17.6 Å². The molecule has 2 aromatic rings. The number of hydrogen-bond donors (Lipinski definition) is 2. The van der Waals surface area contributed by atoms with Gasteiger partial charge in [-0.2, -0.15) is 0 Å². The summed E-state index contributed by atoms with van der Waals surface area (Å²) in [5.74, 6) is -1.41. The molecule has 2 N–H and O–H groups in total. The molecule has 1 aliphatic rings. The molecule has 29 heavy (non-hydrogen) atoms. The summed E-state index contributed by atoms with van der Waals surface area (Å²) < 4.78 is 5.28. The van der Waals surface area contributed by atoms with Crippen molar-refractivity contribution in [2.75, 3.05) is 17.2 Å². The highest BCUT2D eigenvalue weighted by Crippen LogP contribution is 2.38. The van der Waals surface area contributed by atoms with Crippen molar-refractivity contribution in [1.82, 2.24) is 0 Å². The summed E-state index contributed by atoms with van der Waals surface area (Å²) in [7, 11) is 0. The number of carbonyl (C=O) groups excluding carboxylic acids is 4. The third kappa shape index (κ3) is 5.08. The van der Waals surface area contributed by atoms with Crippen LogP contribution in [0.3, 0.4) is 0 Å². The van der Waals surface area contributed by atoms with Gasteiger partial charge in [0.05, 0.1) is 5.56 Å². The first-order chi connectivity index (χ1) is 13.8. The summed E-state index contributed by atoms with van der Waals surface area (Å²) in [5.41, 5.74) is 2.24. The fourth-order valence-electron chi connectivity index (χ4n) is 3.26. The third-order valence-electron chi connectivity index (χ3n) is 4.53. The quantitative estimate of drug-likeness (QED) is 0.556. The van der Waals surface area contributed by atoms with E-state index in [1.807, 2.05) is 0 Å². The van der Waals surface area contributed by atoms with Gasteiger partial charge in [0.15, 0.2) is 12.4 Å². The van der Waals surface area contributed by atoms with Crippen LogP contribution in [0.5, 0.6) is 0 Å². The highest BCUT2D eigenvalue weighted by Gasteiger charge is 2.27. The highest BCUT2D eigenvalue weighted by atomic mass is 32.1. The Morgan fingerprint density at radius 1 is 0.966 bits per heavy atom. The predicted molar refractivity (Wildman–Crippen MR) is 111 cm³/mol. The molecule has 0 radical (unpaired) electrons. The minimum atomic E-state index is -0.601. The molecular formula is C21H22N2O5S. The molecule has 0 aliphatic heterocycles. The molecule has 2 amide bonds. The van der Waals surface area contributed by atoms with Gasteiger partial charge in [-0.25, -0.2) is 4.79 Å². The lowest BCUT2D eigenvalue weighted by Crippen LogP contribution is -2.17. The molecule has 3 rings (SSSR count). The minimum Gasteiger partial charge on any atom is -0.454 e. The van der Waals surface area contributed by atoms with Gasteiger partial charge in [-0.1, -0.05) is 0 Å². The largest absolute Gasteiger partial charge is 0.454 e. The van der Waals surface area contributed by atoms with E-state index in [4.69, 9.17) is 4.74 Å². The van der Waals surface area contributed by atoms with Gasteiger partial charge < -0.3 is 15.4 Å². The van der Waals surface area contributed by atoms with Gasteiger partial charge in [0.2, 0.25) is 11.8 Å². The fraction of sp³-hybridized carbons (Fsp3) is 0.333. The van der Waals surface area contributed by atoms with E-state index in [0.29, 0.717) is 21.8 Å². The van der Waals surface area contributed by atoms with Gasteiger partial charge in [0.25, 0.3) is 0 Å². The zero-order chi connectivity index (χ0) is 21.0. The number of ketones is 1. The van der Waals surface area contributed by atoms with Gasteiger partial charge in [-0.05, 0) is 55.5 Å². The van der Waals surface area contributed by atoms with Crippen molar-refractivity contribution in [1.29, 1.82) is 0 Å². The fourth-order valence-corrected chi connectivity index (χ4v) is 4.58. The van der Waals surface area contributed by atoms with Gasteiger partial charge in [-0.3, -0.25) is 14.4 Å². The number of thiophene rings is 1. The van der Waals surface area contributed by atoms with E-state index < -0.39 is 12.6 Å². The molecule has 1 aromatic carbocycles. The second-order valence-electron chi connectivity index (χ2n) is 6.85. The monoisotopic (exact) mass is 414 g/mol. The van der Waals surface area contributed by atoms with Crippen molar-refractivity contribution in [3.8, 4) is 0 Å². The number of amides is 2. The first-order valence-electron chi connectivity index (χ1n) is 9.35. The smallest absolute Gasteiger partial charge is 0.341 e. The number of esters is 1. The topological polar surface area (TPSA) is 102 Å². The molecule has 152 valence electrons. The Kier molecular flexibility index (Phi) is 6.43. The first kappa shape index (κ1) is 20.7. The molecule has 1 aromatic heterocycles. The van der Waals surface area contributed by atoms with Crippen LogP contribution < -0.4 is 10.6 Å². The number of Topliss-reactive ketones (excluding diaryl/α,β-unsaturated/α-hetero) is 1. The SMILES string of the molecule is CC(=O)Nc1ccc(C(=O)COC(=O)c2c(NC(C)=O)sc3c2CCCC3)cc1.